The van der Waals surface area contributed by atoms with Gasteiger partial charge in [-0.1, -0.05) is 36.4 Å². The van der Waals surface area contributed by atoms with Crippen molar-refractivity contribution in [2.75, 3.05) is 25.6 Å². The molecule has 8 nitrogen and oxygen atoms in total. The van der Waals surface area contributed by atoms with Gasteiger partial charge in [0.1, 0.15) is 12.4 Å². The van der Waals surface area contributed by atoms with Crippen LogP contribution < -0.4 is 20.7 Å². The molecule has 11 heteroatoms. The predicted octanol–water partition coefficient (Wildman–Crippen LogP) is 5.23. The van der Waals surface area contributed by atoms with Gasteiger partial charge in [0.2, 0.25) is 5.72 Å². The first-order valence-corrected chi connectivity index (χ1v) is 11.7. The molecule has 0 bridgehead atoms. The molecule has 0 aromatic heterocycles. The molecule has 1 aliphatic heterocycles. The Bertz CT molecular complexity index is 1280. The highest BCUT2D eigenvalue weighted by atomic mass is 19.4. The lowest BCUT2D eigenvalue weighted by Gasteiger charge is -2.28. The predicted molar refractivity (Wildman–Crippen MR) is 133 cm³/mol. The molecule has 38 heavy (non-hydrogen) atoms. The summed E-state index contributed by atoms with van der Waals surface area (Å²) < 4.78 is 55.9. The molecule has 0 radical (unpaired) electrons. The first-order valence-electron chi connectivity index (χ1n) is 11.7. The van der Waals surface area contributed by atoms with E-state index in [-0.39, 0.29) is 30.8 Å². The molecule has 3 aromatic carbocycles. The summed E-state index contributed by atoms with van der Waals surface area (Å²) in [5.41, 5.74) is -0.746. The third kappa shape index (κ3) is 6.54. The van der Waals surface area contributed by atoms with Gasteiger partial charge >= 0.3 is 12.3 Å². The number of methoxy groups -OCH3 is 1. The number of hydrogen-bond donors (Lipinski definition) is 3. The number of hydrogen-bond acceptors (Lipinski definition) is 6. The molecule has 1 saturated heterocycles. The first kappa shape index (κ1) is 26.8. The number of para-hydroxylation sites is 2. The number of benzene rings is 3. The van der Waals surface area contributed by atoms with Gasteiger partial charge in [0.15, 0.2) is 0 Å². The van der Waals surface area contributed by atoms with Crippen LogP contribution in [-0.4, -0.2) is 38.0 Å². The van der Waals surface area contributed by atoms with Crippen LogP contribution in [0.3, 0.4) is 0 Å². The molecule has 0 aliphatic carbocycles. The lowest BCUT2D eigenvalue weighted by molar-refractivity contribution is -0.136. The molecule has 0 unspecified atom stereocenters. The van der Waals surface area contributed by atoms with Crippen LogP contribution in [0.15, 0.2) is 72.8 Å². The summed E-state index contributed by atoms with van der Waals surface area (Å²) in [6, 6.07) is 18.4. The van der Waals surface area contributed by atoms with E-state index in [1.54, 1.807) is 48.5 Å². The van der Waals surface area contributed by atoms with Crippen LogP contribution in [-0.2, 0) is 22.2 Å². The van der Waals surface area contributed by atoms with Gasteiger partial charge < -0.3 is 30.2 Å². The van der Waals surface area contributed by atoms with Crippen LogP contribution in [0.4, 0.5) is 29.3 Å². The number of rotatable bonds is 8. The molecule has 3 N–H and O–H groups in total. The fourth-order valence-electron chi connectivity index (χ4n) is 3.95. The lowest BCUT2D eigenvalue weighted by Crippen LogP contribution is -2.53. The largest absolute Gasteiger partial charge is 0.496 e. The fraction of sp³-hybridized carbons (Fsp3) is 0.259. The van der Waals surface area contributed by atoms with E-state index in [9.17, 15) is 22.8 Å². The molecule has 1 fully saturated rings. The maximum atomic E-state index is 13.2. The van der Waals surface area contributed by atoms with Gasteiger partial charge in [0.05, 0.1) is 30.5 Å². The lowest BCUT2D eigenvalue weighted by atomic mass is 10.1. The molecule has 0 saturated carbocycles. The van der Waals surface area contributed by atoms with Crippen molar-refractivity contribution in [2.24, 2.45) is 0 Å². The third-order valence-electron chi connectivity index (χ3n) is 5.87. The first-order chi connectivity index (χ1) is 18.2. The second-order valence-corrected chi connectivity index (χ2v) is 8.56. The SMILES string of the molecule is COc1ccccc1C(=O)N[C@]1(OC(=O)NCc2ccc(Nc3ccccc3C(F)(F)F)cc2)CCOC1. The monoisotopic (exact) mass is 529 g/mol. The number of carbonyl (C=O) groups excluding carboxylic acids is 2. The minimum absolute atomic E-state index is 0.0128. The van der Waals surface area contributed by atoms with Crippen molar-refractivity contribution in [3.05, 3.63) is 89.5 Å². The Hall–Kier alpha value is -4.25. The maximum Gasteiger partial charge on any atom is 0.418 e. The van der Waals surface area contributed by atoms with E-state index < -0.39 is 29.5 Å². The van der Waals surface area contributed by atoms with Gasteiger partial charge in [-0.15, -0.1) is 0 Å². The van der Waals surface area contributed by atoms with Crippen LogP contribution >= 0.6 is 0 Å². The molecule has 1 heterocycles. The van der Waals surface area contributed by atoms with E-state index in [0.717, 1.165) is 6.07 Å². The van der Waals surface area contributed by atoms with E-state index >= 15 is 0 Å². The number of nitrogens with one attached hydrogen (secondary N) is 3. The summed E-state index contributed by atoms with van der Waals surface area (Å²) in [5.74, 6) is -0.0979. The van der Waals surface area contributed by atoms with Gasteiger partial charge in [0, 0.05) is 18.7 Å². The highest BCUT2D eigenvalue weighted by Gasteiger charge is 2.41. The molecule has 2 amide bonds. The molecule has 200 valence electrons. The van der Waals surface area contributed by atoms with E-state index in [4.69, 9.17) is 14.2 Å². The van der Waals surface area contributed by atoms with Crippen molar-refractivity contribution in [3.63, 3.8) is 0 Å². The smallest absolute Gasteiger partial charge is 0.418 e. The van der Waals surface area contributed by atoms with Crippen LogP contribution in [0.5, 0.6) is 5.75 Å². The number of anilines is 2. The van der Waals surface area contributed by atoms with Gasteiger partial charge in [-0.25, -0.2) is 4.79 Å². The quantitative estimate of drug-likeness (QED) is 0.346. The summed E-state index contributed by atoms with van der Waals surface area (Å²) in [6.45, 7) is 0.377. The van der Waals surface area contributed by atoms with Crippen molar-refractivity contribution in [3.8, 4) is 5.75 Å². The summed E-state index contributed by atoms with van der Waals surface area (Å²) >= 11 is 0. The number of alkyl carbamates (subject to hydrolysis) is 1. The van der Waals surface area contributed by atoms with E-state index in [1.165, 1.54) is 25.3 Å². The van der Waals surface area contributed by atoms with Gasteiger partial charge in [-0.3, -0.25) is 4.79 Å². The number of carbonyl (C=O) groups is 2. The molecular formula is C27H26F3N3O5. The third-order valence-corrected chi connectivity index (χ3v) is 5.87. The Morgan fingerprint density at radius 2 is 1.71 bits per heavy atom. The van der Waals surface area contributed by atoms with Gasteiger partial charge in [-0.2, -0.15) is 13.2 Å². The Labute approximate surface area is 217 Å². The van der Waals surface area contributed by atoms with Crippen molar-refractivity contribution in [1.29, 1.82) is 0 Å². The Kier molecular flexibility index (Phi) is 8.06. The number of halogens is 3. The Morgan fingerprint density at radius 1 is 1.00 bits per heavy atom. The average molecular weight is 530 g/mol. The average Bonchev–Trinajstić information content (AvgIpc) is 3.35. The summed E-state index contributed by atoms with van der Waals surface area (Å²) in [7, 11) is 1.45. The fourth-order valence-corrected chi connectivity index (χ4v) is 3.95. The van der Waals surface area contributed by atoms with Gasteiger partial charge in [0.25, 0.3) is 5.91 Å². The zero-order valence-electron chi connectivity index (χ0n) is 20.4. The number of amides is 2. The second-order valence-electron chi connectivity index (χ2n) is 8.56. The minimum Gasteiger partial charge on any atom is -0.496 e. The maximum absolute atomic E-state index is 13.2. The standard InChI is InChI=1S/C27H26F3N3O5/c1-36-23-9-5-2-6-20(23)24(34)33-26(14-15-37-17-26)38-25(35)31-16-18-10-12-19(13-11-18)32-22-8-4-3-7-21(22)27(28,29)30/h2-13,32H,14-17H2,1H3,(H,31,35)(H,33,34)/t26-/m0/s1. The second kappa shape index (κ2) is 11.4. The highest BCUT2D eigenvalue weighted by Crippen LogP contribution is 2.35. The molecule has 1 aliphatic rings. The number of ether oxygens (including phenoxy) is 3. The van der Waals surface area contributed by atoms with E-state index in [2.05, 4.69) is 16.0 Å². The zero-order valence-corrected chi connectivity index (χ0v) is 20.4. The van der Waals surface area contributed by atoms with E-state index in [1.807, 2.05) is 0 Å². The normalized spacial score (nSPS) is 16.9. The number of alkyl halides is 3. The minimum atomic E-state index is -4.48. The van der Waals surface area contributed by atoms with Crippen molar-refractivity contribution in [2.45, 2.75) is 24.9 Å². The Morgan fingerprint density at radius 3 is 2.39 bits per heavy atom. The summed E-state index contributed by atoms with van der Waals surface area (Å²) in [6.07, 6.45) is -4.99. The van der Waals surface area contributed by atoms with Gasteiger partial charge in [-0.05, 0) is 42.0 Å². The molecule has 0 spiro atoms. The zero-order chi connectivity index (χ0) is 27.2. The van der Waals surface area contributed by atoms with Crippen LogP contribution in [0.2, 0.25) is 0 Å². The van der Waals surface area contributed by atoms with Crippen molar-refractivity contribution >= 4 is 23.4 Å². The van der Waals surface area contributed by atoms with Crippen molar-refractivity contribution < 1.29 is 37.0 Å². The summed E-state index contributed by atoms with van der Waals surface area (Å²) in [4.78, 5) is 25.4. The molecule has 3 aromatic rings. The highest BCUT2D eigenvalue weighted by molar-refractivity contribution is 5.97. The molecule has 1 atom stereocenters. The van der Waals surface area contributed by atoms with E-state index in [0.29, 0.717) is 23.6 Å². The summed E-state index contributed by atoms with van der Waals surface area (Å²) in [5, 5.41) is 8.13. The molecule has 4 rings (SSSR count). The van der Waals surface area contributed by atoms with Crippen molar-refractivity contribution in [1.82, 2.24) is 10.6 Å². The molecular weight excluding hydrogens is 503 g/mol. The topological polar surface area (TPSA) is 97.9 Å². The van der Waals surface area contributed by atoms with Crippen LogP contribution in [0.25, 0.3) is 0 Å². The Balaban J connectivity index is 1.34. The van der Waals surface area contributed by atoms with Crippen LogP contribution in [0, 0.1) is 0 Å². The van der Waals surface area contributed by atoms with Crippen LogP contribution in [0.1, 0.15) is 27.9 Å².